The van der Waals surface area contributed by atoms with Gasteiger partial charge >= 0.3 is 0 Å². The van der Waals surface area contributed by atoms with Gasteiger partial charge in [0.1, 0.15) is 11.4 Å². The highest BCUT2D eigenvalue weighted by atomic mass is 16.5. The molecule has 4 heterocycles. The van der Waals surface area contributed by atoms with Gasteiger partial charge in [-0.15, -0.1) is 0 Å². The number of likely N-dealkylation sites (tertiary alicyclic amines) is 1. The second-order valence-corrected chi connectivity index (χ2v) is 12.4. The van der Waals surface area contributed by atoms with Gasteiger partial charge in [-0.05, 0) is 69.8 Å². The summed E-state index contributed by atoms with van der Waals surface area (Å²) in [7, 11) is 2.18. The van der Waals surface area contributed by atoms with Gasteiger partial charge in [0.2, 0.25) is 5.91 Å². The summed E-state index contributed by atoms with van der Waals surface area (Å²) in [5.74, 6) is 1.33. The van der Waals surface area contributed by atoms with Crippen LogP contribution in [-0.4, -0.2) is 96.7 Å². The molecule has 1 spiro atoms. The molecule has 0 bridgehead atoms. The lowest BCUT2D eigenvalue weighted by molar-refractivity contribution is -0.139. The van der Waals surface area contributed by atoms with E-state index in [4.69, 9.17) is 9.47 Å². The van der Waals surface area contributed by atoms with Crippen molar-refractivity contribution in [3.63, 3.8) is 0 Å². The Morgan fingerprint density at radius 1 is 1.23 bits per heavy atom. The van der Waals surface area contributed by atoms with Gasteiger partial charge in [-0.2, -0.15) is 5.26 Å². The maximum absolute atomic E-state index is 12.5. The monoisotopic (exact) mass is 548 g/mol. The molecule has 6 unspecified atom stereocenters. The van der Waals surface area contributed by atoms with Crippen molar-refractivity contribution in [1.82, 2.24) is 25.3 Å². The summed E-state index contributed by atoms with van der Waals surface area (Å²) in [5.41, 5.74) is 1.16. The van der Waals surface area contributed by atoms with Crippen LogP contribution in [0, 0.1) is 17.2 Å². The van der Waals surface area contributed by atoms with Crippen molar-refractivity contribution in [2.45, 2.75) is 87.6 Å². The van der Waals surface area contributed by atoms with E-state index < -0.39 is 0 Å². The molecule has 7 atom stereocenters. The van der Waals surface area contributed by atoms with E-state index >= 15 is 0 Å². The number of ether oxygens (including phenoxy) is 2. The SMILES string of the molecule is C=CC(=O)N1CCN(C2NC(OCC3CCCN3C)NC3C[C@]4(CCc5ccccc5O4)CCC32)CC1CC#N. The lowest BCUT2D eigenvalue weighted by atomic mass is 9.70. The predicted octanol–water partition coefficient (Wildman–Crippen LogP) is 2.44. The molecule has 6 rings (SSSR count). The summed E-state index contributed by atoms with van der Waals surface area (Å²) in [6.07, 6.45) is 9.04. The van der Waals surface area contributed by atoms with Gasteiger partial charge in [-0.1, -0.05) is 24.8 Å². The fourth-order valence-electron chi connectivity index (χ4n) is 7.83. The molecule has 40 heavy (non-hydrogen) atoms. The summed E-state index contributed by atoms with van der Waals surface area (Å²) >= 11 is 0. The number of hydrogen-bond acceptors (Lipinski definition) is 8. The molecule has 216 valence electrons. The van der Waals surface area contributed by atoms with E-state index in [1.807, 2.05) is 4.90 Å². The molecule has 1 aromatic carbocycles. The van der Waals surface area contributed by atoms with Gasteiger partial charge in [0.25, 0.3) is 0 Å². The van der Waals surface area contributed by atoms with Crippen LogP contribution in [0.5, 0.6) is 5.75 Å². The van der Waals surface area contributed by atoms with Crippen molar-refractivity contribution in [2.75, 3.05) is 39.8 Å². The average molecular weight is 549 g/mol. The largest absolute Gasteiger partial charge is 0.487 e. The summed E-state index contributed by atoms with van der Waals surface area (Å²) in [5, 5.41) is 17.2. The molecule has 0 radical (unpaired) electrons. The minimum Gasteiger partial charge on any atom is -0.487 e. The molecule has 1 amide bonds. The zero-order valence-corrected chi connectivity index (χ0v) is 23.8. The fraction of sp³-hybridized carbons (Fsp3) is 0.677. The van der Waals surface area contributed by atoms with Crippen molar-refractivity contribution >= 4 is 5.91 Å². The van der Waals surface area contributed by atoms with Crippen molar-refractivity contribution in [1.29, 1.82) is 5.26 Å². The molecule has 4 aliphatic heterocycles. The molecular formula is C31H44N6O3. The lowest BCUT2D eigenvalue weighted by Crippen LogP contribution is -2.73. The van der Waals surface area contributed by atoms with Crippen molar-refractivity contribution in [3.8, 4) is 11.8 Å². The highest BCUT2D eigenvalue weighted by Crippen LogP contribution is 2.45. The van der Waals surface area contributed by atoms with E-state index in [1.54, 1.807) is 0 Å². The smallest absolute Gasteiger partial charge is 0.246 e. The fourth-order valence-corrected chi connectivity index (χ4v) is 7.83. The molecule has 9 nitrogen and oxygen atoms in total. The lowest BCUT2D eigenvalue weighted by Gasteiger charge is -2.55. The number of likely N-dealkylation sites (N-methyl/N-ethyl adjacent to an activating group) is 1. The number of nitrogens with one attached hydrogen (secondary N) is 2. The zero-order valence-electron chi connectivity index (χ0n) is 23.8. The summed E-state index contributed by atoms with van der Waals surface area (Å²) < 4.78 is 13.3. The Labute approximate surface area is 238 Å². The molecule has 2 N–H and O–H groups in total. The van der Waals surface area contributed by atoms with E-state index in [0.717, 1.165) is 50.9 Å². The van der Waals surface area contributed by atoms with Crippen molar-refractivity contribution in [3.05, 3.63) is 42.5 Å². The minimum absolute atomic E-state index is 0.0905. The van der Waals surface area contributed by atoms with Gasteiger partial charge in [0.15, 0.2) is 6.35 Å². The second kappa shape index (κ2) is 11.8. The van der Waals surface area contributed by atoms with Gasteiger partial charge in [-0.3, -0.25) is 20.3 Å². The summed E-state index contributed by atoms with van der Waals surface area (Å²) in [4.78, 5) is 19.2. The Morgan fingerprint density at radius 3 is 2.90 bits per heavy atom. The Kier molecular flexibility index (Phi) is 8.16. The first-order chi connectivity index (χ1) is 19.5. The Hall–Kier alpha value is -2.48. The number of carbonyl (C=O) groups excluding carboxylic acids is 1. The van der Waals surface area contributed by atoms with Crippen LogP contribution >= 0.6 is 0 Å². The van der Waals surface area contributed by atoms with Crippen LogP contribution in [0.2, 0.25) is 0 Å². The number of para-hydroxylation sites is 1. The minimum atomic E-state index is -0.256. The summed E-state index contributed by atoms with van der Waals surface area (Å²) in [6.45, 7) is 7.52. The van der Waals surface area contributed by atoms with Gasteiger partial charge in [0.05, 0.1) is 31.3 Å². The zero-order chi connectivity index (χ0) is 27.7. The third-order valence-electron chi connectivity index (χ3n) is 10.1. The standard InChI is InChI=1S/C31H44N6O3/c1-3-28(38)37-18-17-36(20-23(37)12-15-32)29-25-11-14-31(13-10-22-7-4-5-9-27(22)40-31)19-26(25)33-30(34-29)39-21-24-8-6-16-35(24)2/h3-5,7,9,23-26,29-30,33-34H,1,6,8,10-14,16-21H2,2H3/t23?,24?,25?,26?,29?,30?,31-/m0/s1. The molecule has 1 aliphatic carbocycles. The number of carbonyl (C=O) groups is 1. The number of benzene rings is 1. The number of fused-ring (bicyclic) bond motifs is 2. The number of aryl methyl sites for hydroxylation is 1. The van der Waals surface area contributed by atoms with Gasteiger partial charge in [0, 0.05) is 44.1 Å². The van der Waals surface area contributed by atoms with Crippen LogP contribution in [-0.2, 0) is 16.0 Å². The van der Waals surface area contributed by atoms with Crippen LogP contribution in [0.3, 0.4) is 0 Å². The van der Waals surface area contributed by atoms with Crippen LogP contribution in [0.25, 0.3) is 0 Å². The Balaban J connectivity index is 1.20. The van der Waals surface area contributed by atoms with E-state index in [-0.39, 0.29) is 36.1 Å². The van der Waals surface area contributed by atoms with E-state index in [1.165, 1.54) is 24.5 Å². The van der Waals surface area contributed by atoms with Gasteiger partial charge in [-0.25, -0.2) is 0 Å². The van der Waals surface area contributed by atoms with Crippen LogP contribution in [0.15, 0.2) is 36.9 Å². The second-order valence-electron chi connectivity index (χ2n) is 12.4. The Morgan fingerprint density at radius 2 is 2.10 bits per heavy atom. The molecule has 3 saturated heterocycles. The number of nitrogens with zero attached hydrogens (tertiary/aromatic N) is 4. The molecular weight excluding hydrogens is 504 g/mol. The first-order valence-corrected chi connectivity index (χ1v) is 15.1. The highest BCUT2D eigenvalue weighted by molar-refractivity contribution is 5.87. The number of piperazine rings is 1. The highest BCUT2D eigenvalue weighted by Gasteiger charge is 2.51. The van der Waals surface area contributed by atoms with Crippen molar-refractivity contribution in [2.24, 2.45) is 5.92 Å². The number of rotatable bonds is 6. The van der Waals surface area contributed by atoms with Gasteiger partial charge < -0.3 is 19.3 Å². The first-order valence-electron chi connectivity index (χ1n) is 15.1. The van der Waals surface area contributed by atoms with E-state index in [2.05, 4.69) is 64.4 Å². The predicted molar refractivity (Wildman–Crippen MR) is 152 cm³/mol. The topological polar surface area (TPSA) is 93.1 Å². The molecule has 9 heteroatoms. The molecule has 5 aliphatic rings. The molecule has 1 saturated carbocycles. The summed E-state index contributed by atoms with van der Waals surface area (Å²) in [6, 6.07) is 11.3. The third kappa shape index (κ3) is 5.53. The number of amides is 1. The number of nitriles is 1. The molecule has 0 aromatic heterocycles. The number of hydrogen-bond donors (Lipinski definition) is 2. The molecule has 1 aromatic rings. The quantitative estimate of drug-likeness (QED) is 0.524. The van der Waals surface area contributed by atoms with Crippen molar-refractivity contribution < 1.29 is 14.3 Å². The van der Waals surface area contributed by atoms with E-state index in [9.17, 15) is 10.1 Å². The van der Waals surface area contributed by atoms with E-state index in [0.29, 0.717) is 38.1 Å². The molecule has 4 fully saturated rings. The average Bonchev–Trinajstić information content (AvgIpc) is 3.39. The first kappa shape index (κ1) is 27.7. The van der Waals surface area contributed by atoms with Crippen LogP contribution < -0.4 is 15.4 Å². The van der Waals surface area contributed by atoms with Crippen LogP contribution in [0.4, 0.5) is 0 Å². The van der Waals surface area contributed by atoms with Crippen LogP contribution in [0.1, 0.15) is 50.5 Å². The Bertz CT molecular complexity index is 1120. The maximum atomic E-state index is 12.5. The normalized spacial score (nSPS) is 36.4. The maximum Gasteiger partial charge on any atom is 0.246 e. The third-order valence-corrected chi connectivity index (χ3v) is 10.1.